The summed E-state index contributed by atoms with van der Waals surface area (Å²) in [7, 11) is -1.92. The lowest BCUT2D eigenvalue weighted by Crippen LogP contribution is -2.29. The minimum absolute atomic E-state index is 0.0411. The molecule has 8 heteroatoms. The molecule has 1 amide bonds. The standard InChI is InChI=1S/C21H26FN3O3S/c1-3-21(26)23-19-15-17(25-11-5-10-24(2)12-13-25)8-9-20(19)29(27,28)18-7-4-6-16(22)14-18/h4,6-9,14-15H,3,5,10-13H2,1-2H3,(H,23,26). The third-order valence-corrected chi connectivity index (χ3v) is 6.85. The van der Waals surface area contributed by atoms with Crippen LogP contribution in [-0.2, 0) is 14.6 Å². The van der Waals surface area contributed by atoms with Crippen LogP contribution in [0.5, 0.6) is 0 Å². The molecule has 0 aromatic heterocycles. The predicted molar refractivity (Wildman–Crippen MR) is 112 cm³/mol. The normalized spacial score (nSPS) is 15.8. The van der Waals surface area contributed by atoms with Gasteiger partial charge in [-0.2, -0.15) is 0 Å². The molecule has 0 atom stereocenters. The molecule has 1 aliphatic rings. The largest absolute Gasteiger partial charge is 0.370 e. The Hall–Kier alpha value is -2.45. The second-order valence-electron chi connectivity index (χ2n) is 7.19. The minimum Gasteiger partial charge on any atom is -0.370 e. The van der Waals surface area contributed by atoms with E-state index in [0.717, 1.165) is 44.4 Å². The number of hydrogen-bond donors (Lipinski definition) is 1. The third-order valence-electron chi connectivity index (χ3n) is 5.04. The number of nitrogens with zero attached hydrogens (tertiary/aromatic N) is 2. The first-order valence-corrected chi connectivity index (χ1v) is 11.2. The van der Waals surface area contributed by atoms with Gasteiger partial charge in [0.15, 0.2) is 0 Å². The Morgan fingerprint density at radius 1 is 1.10 bits per heavy atom. The van der Waals surface area contributed by atoms with Crippen molar-refractivity contribution in [1.82, 2.24) is 4.90 Å². The van der Waals surface area contributed by atoms with E-state index in [1.165, 1.54) is 24.3 Å². The predicted octanol–water partition coefficient (Wildman–Crippen LogP) is 3.15. The summed E-state index contributed by atoms with van der Waals surface area (Å²) in [5, 5.41) is 2.71. The van der Waals surface area contributed by atoms with Gasteiger partial charge in [-0.25, -0.2) is 12.8 Å². The van der Waals surface area contributed by atoms with Crippen LogP contribution in [0, 0.1) is 5.82 Å². The highest BCUT2D eigenvalue weighted by Gasteiger charge is 2.24. The topological polar surface area (TPSA) is 69.7 Å². The van der Waals surface area contributed by atoms with Crippen molar-refractivity contribution in [2.75, 3.05) is 43.4 Å². The maximum absolute atomic E-state index is 13.6. The average molecular weight is 420 g/mol. The number of nitrogens with one attached hydrogen (secondary N) is 1. The Morgan fingerprint density at radius 2 is 1.90 bits per heavy atom. The van der Waals surface area contributed by atoms with Crippen LogP contribution < -0.4 is 10.2 Å². The zero-order valence-corrected chi connectivity index (χ0v) is 17.5. The molecule has 2 aromatic carbocycles. The van der Waals surface area contributed by atoms with Gasteiger partial charge in [0.1, 0.15) is 5.82 Å². The summed E-state index contributed by atoms with van der Waals surface area (Å²) in [6.07, 6.45) is 1.22. The van der Waals surface area contributed by atoms with Gasteiger partial charge in [0.2, 0.25) is 15.7 Å². The Morgan fingerprint density at radius 3 is 2.62 bits per heavy atom. The van der Waals surface area contributed by atoms with Gasteiger partial charge in [0.25, 0.3) is 0 Å². The van der Waals surface area contributed by atoms with E-state index in [1.807, 2.05) is 0 Å². The van der Waals surface area contributed by atoms with Crippen LogP contribution >= 0.6 is 0 Å². The summed E-state index contributed by atoms with van der Waals surface area (Å²) in [6, 6.07) is 9.83. The van der Waals surface area contributed by atoms with Gasteiger partial charge < -0.3 is 15.1 Å². The quantitative estimate of drug-likeness (QED) is 0.806. The molecule has 156 valence electrons. The van der Waals surface area contributed by atoms with Crippen LogP contribution in [0.3, 0.4) is 0 Å². The molecule has 1 N–H and O–H groups in total. The highest BCUT2D eigenvalue weighted by molar-refractivity contribution is 7.91. The first kappa shape index (κ1) is 21.3. The van der Waals surface area contributed by atoms with Crippen molar-refractivity contribution in [2.45, 2.75) is 29.6 Å². The lowest BCUT2D eigenvalue weighted by Gasteiger charge is -2.24. The average Bonchev–Trinajstić information content (AvgIpc) is 2.92. The molecule has 1 saturated heterocycles. The van der Waals surface area contributed by atoms with E-state index in [-0.39, 0.29) is 27.8 Å². The Balaban J connectivity index is 2.03. The lowest BCUT2D eigenvalue weighted by atomic mass is 10.2. The van der Waals surface area contributed by atoms with E-state index in [0.29, 0.717) is 0 Å². The van der Waals surface area contributed by atoms with E-state index in [1.54, 1.807) is 19.1 Å². The van der Waals surface area contributed by atoms with Crippen molar-refractivity contribution in [3.63, 3.8) is 0 Å². The molecule has 1 fully saturated rings. The molecule has 0 saturated carbocycles. The highest BCUT2D eigenvalue weighted by Crippen LogP contribution is 2.32. The van der Waals surface area contributed by atoms with Gasteiger partial charge in [0, 0.05) is 31.7 Å². The van der Waals surface area contributed by atoms with Crippen LogP contribution in [0.1, 0.15) is 19.8 Å². The number of rotatable bonds is 5. The van der Waals surface area contributed by atoms with Gasteiger partial charge in [-0.15, -0.1) is 0 Å². The Kier molecular flexibility index (Phi) is 6.54. The number of carbonyl (C=O) groups excluding carboxylic acids is 1. The fourth-order valence-corrected chi connectivity index (χ4v) is 4.78. The van der Waals surface area contributed by atoms with E-state index in [4.69, 9.17) is 0 Å². The molecule has 3 rings (SSSR count). The van der Waals surface area contributed by atoms with E-state index in [2.05, 4.69) is 22.2 Å². The molecule has 0 bridgehead atoms. The smallest absolute Gasteiger partial charge is 0.224 e. The van der Waals surface area contributed by atoms with Gasteiger partial charge >= 0.3 is 0 Å². The molecule has 0 radical (unpaired) electrons. The summed E-state index contributed by atoms with van der Waals surface area (Å²) < 4.78 is 39.9. The Bertz CT molecular complexity index is 994. The summed E-state index contributed by atoms with van der Waals surface area (Å²) in [5.74, 6) is -0.913. The number of sulfone groups is 1. The summed E-state index contributed by atoms with van der Waals surface area (Å²) >= 11 is 0. The number of hydrogen-bond acceptors (Lipinski definition) is 5. The second-order valence-corrected chi connectivity index (χ2v) is 9.10. The highest BCUT2D eigenvalue weighted by atomic mass is 32.2. The molecule has 0 unspecified atom stereocenters. The first-order chi connectivity index (χ1) is 13.8. The lowest BCUT2D eigenvalue weighted by molar-refractivity contribution is -0.115. The molecule has 1 heterocycles. The van der Waals surface area contributed by atoms with Gasteiger partial charge in [-0.3, -0.25) is 4.79 Å². The monoisotopic (exact) mass is 419 g/mol. The summed E-state index contributed by atoms with van der Waals surface area (Å²) in [6.45, 7) is 5.27. The zero-order valence-electron chi connectivity index (χ0n) is 16.7. The van der Waals surface area contributed by atoms with Crippen molar-refractivity contribution in [2.24, 2.45) is 0 Å². The van der Waals surface area contributed by atoms with Crippen LogP contribution in [0.4, 0.5) is 15.8 Å². The summed E-state index contributed by atoms with van der Waals surface area (Å²) in [4.78, 5) is 16.3. The Labute approximate surface area is 171 Å². The van der Waals surface area contributed by atoms with Gasteiger partial charge in [-0.1, -0.05) is 13.0 Å². The SMILES string of the molecule is CCC(=O)Nc1cc(N2CCCN(C)CC2)ccc1S(=O)(=O)c1cccc(F)c1. The minimum atomic E-state index is -3.99. The van der Waals surface area contributed by atoms with Crippen LogP contribution in [0.15, 0.2) is 52.3 Å². The number of halogens is 1. The molecule has 1 aliphatic heterocycles. The molecule has 0 aliphatic carbocycles. The van der Waals surface area contributed by atoms with Crippen LogP contribution in [0.25, 0.3) is 0 Å². The second kappa shape index (κ2) is 8.92. The van der Waals surface area contributed by atoms with E-state index < -0.39 is 15.7 Å². The molecule has 0 spiro atoms. The molecule has 6 nitrogen and oxygen atoms in total. The molecular weight excluding hydrogens is 393 g/mol. The van der Waals surface area contributed by atoms with Crippen molar-refractivity contribution < 1.29 is 17.6 Å². The molecular formula is C21H26FN3O3S. The number of likely N-dealkylation sites (N-methyl/N-ethyl adjacent to an activating group) is 1. The number of anilines is 2. The first-order valence-electron chi connectivity index (χ1n) is 9.69. The van der Waals surface area contributed by atoms with E-state index >= 15 is 0 Å². The number of carbonyl (C=O) groups is 1. The molecule has 2 aromatic rings. The summed E-state index contributed by atoms with van der Waals surface area (Å²) in [5.41, 5.74) is 1.07. The van der Waals surface area contributed by atoms with Crippen molar-refractivity contribution >= 4 is 27.1 Å². The maximum Gasteiger partial charge on any atom is 0.224 e. The zero-order chi connectivity index (χ0) is 21.0. The maximum atomic E-state index is 13.6. The van der Waals surface area contributed by atoms with Crippen LogP contribution in [-0.4, -0.2) is 52.5 Å². The number of amides is 1. The van der Waals surface area contributed by atoms with Crippen LogP contribution in [0.2, 0.25) is 0 Å². The van der Waals surface area contributed by atoms with Crippen molar-refractivity contribution in [1.29, 1.82) is 0 Å². The third kappa shape index (κ3) is 4.94. The number of benzene rings is 2. The van der Waals surface area contributed by atoms with E-state index in [9.17, 15) is 17.6 Å². The van der Waals surface area contributed by atoms with Crippen molar-refractivity contribution in [3.8, 4) is 0 Å². The molecule has 29 heavy (non-hydrogen) atoms. The fraction of sp³-hybridized carbons (Fsp3) is 0.381. The van der Waals surface area contributed by atoms with Gasteiger partial charge in [-0.05, 0) is 56.4 Å². The van der Waals surface area contributed by atoms with Gasteiger partial charge in [0.05, 0.1) is 15.5 Å². The van der Waals surface area contributed by atoms with Crippen molar-refractivity contribution in [3.05, 3.63) is 48.3 Å². The fourth-order valence-electron chi connectivity index (χ4n) is 3.35.